The zero-order chi connectivity index (χ0) is 27.4. The number of aromatic amines is 1. The number of aliphatic carboxylic acids is 2. The summed E-state index contributed by atoms with van der Waals surface area (Å²) in [5.74, 6) is -6.13. The molecule has 0 fully saturated rings. The largest absolute Gasteiger partial charge is 0.481 e. The van der Waals surface area contributed by atoms with Crippen LogP contribution in [0.5, 0.6) is 0 Å². The highest BCUT2D eigenvalue weighted by atomic mass is 16.4. The molecule has 36 heavy (non-hydrogen) atoms. The fourth-order valence-electron chi connectivity index (χ4n) is 3.16. The van der Waals surface area contributed by atoms with E-state index < -0.39 is 66.2 Å². The normalized spacial score (nSPS) is 14.2. The standard InChI is InChI=1S/C21H33N7O8/c1-10(2)5-13(19(33)28-15(21(35)36)7-17(30)31)27-20(34)14(6-11-8-24-9-25-11)26-18(32)12(22)3-4-16(23)29/h8-10,12-15H,3-7,22H2,1-2H3,(H2,23,29)(H,24,25)(H,26,32)(H,27,34)(H,28,33)(H,30,31)(H,35,36). The van der Waals surface area contributed by atoms with Crippen LogP contribution < -0.4 is 27.4 Å². The number of carbonyl (C=O) groups is 6. The number of nitrogens with two attached hydrogens (primary N) is 2. The Bertz CT molecular complexity index is 935. The number of carbonyl (C=O) groups excluding carboxylic acids is 4. The number of hydrogen-bond donors (Lipinski definition) is 8. The van der Waals surface area contributed by atoms with E-state index in [0.717, 1.165) is 0 Å². The van der Waals surface area contributed by atoms with E-state index in [9.17, 15) is 33.9 Å². The average molecular weight is 512 g/mol. The lowest BCUT2D eigenvalue weighted by atomic mass is 10.0. The highest BCUT2D eigenvalue weighted by molar-refractivity contribution is 5.94. The van der Waals surface area contributed by atoms with Gasteiger partial charge in [0.05, 0.1) is 18.8 Å². The molecule has 15 heteroatoms. The zero-order valence-corrected chi connectivity index (χ0v) is 20.0. The Morgan fingerprint density at radius 2 is 1.56 bits per heavy atom. The number of carboxylic acid groups (broad SMARTS) is 2. The van der Waals surface area contributed by atoms with Gasteiger partial charge in [0, 0.05) is 24.7 Å². The molecule has 0 radical (unpaired) electrons. The third-order valence-electron chi connectivity index (χ3n) is 4.98. The highest BCUT2D eigenvalue weighted by Gasteiger charge is 2.31. The van der Waals surface area contributed by atoms with Gasteiger partial charge in [-0.2, -0.15) is 0 Å². The SMILES string of the molecule is CC(C)CC(NC(=O)C(Cc1cnc[nH]1)NC(=O)C(N)CCC(N)=O)C(=O)NC(CC(=O)O)C(=O)O. The maximum absolute atomic E-state index is 13.1. The van der Waals surface area contributed by atoms with Crippen LogP contribution in [0.2, 0.25) is 0 Å². The van der Waals surface area contributed by atoms with Gasteiger partial charge in [-0.05, 0) is 18.8 Å². The van der Waals surface area contributed by atoms with Crippen molar-refractivity contribution in [3.8, 4) is 0 Å². The molecule has 0 saturated carbocycles. The summed E-state index contributed by atoms with van der Waals surface area (Å²) in [5, 5.41) is 25.2. The van der Waals surface area contributed by atoms with E-state index in [2.05, 4.69) is 25.9 Å². The molecule has 0 aliphatic rings. The maximum Gasteiger partial charge on any atom is 0.326 e. The second kappa shape index (κ2) is 14.4. The molecule has 1 rings (SSSR count). The first kappa shape index (κ1) is 30.0. The van der Waals surface area contributed by atoms with Gasteiger partial charge in [-0.1, -0.05) is 13.8 Å². The van der Waals surface area contributed by atoms with Crippen molar-refractivity contribution in [1.29, 1.82) is 0 Å². The molecule has 1 aromatic heterocycles. The Kier molecular flexibility index (Phi) is 12.0. The molecule has 1 aromatic rings. The highest BCUT2D eigenvalue weighted by Crippen LogP contribution is 2.08. The second-order valence-electron chi connectivity index (χ2n) is 8.64. The van der Waals surface area contributed by atoms with Crippen LogP contribution in [0.3, 0.4) is 0 Å². The monoisotopic (exact) mass is 511 g/mol. The van der Waals surface area contributed by atoms with Crippen molar-refractivity contribution in [2.24, 2.45) is 17.4 Å². The topological polar surface area (TPSA) is 260 Å². The average Bonchev–Trinajstić information content (AvgIpc) is 3.28. The molecule has 4 amide bonds. The predicted molar refractivity (Wildman–Crippen MR) is 124 cm³/mol. The molecule has 1 heterocycles. The quantitative estimate of drug-likeness (QED) is 0.117. The van der Waals surface area contributed by atoms with Crippen molar-refractivity contribution in [1.82, 2.24) is 25.9 Å². The number of imidazole rings is 1. The van der Waals surface area contributed by atoms with Crippen molar-refractivity contribution in [3.05, 3.63) is 18.2 Å². The Morgan fingerprint density at radius 3 is 2.06 bits per heavy atom. The third kappa shape index (κ3) is 10.9. The van der Waals surface area contributed by atoms with Crippen molar-refractivity contribution >= 4 is 35.6 Å². The number of nitrogens with zero attached hydrogens (tertiary/aromatic N) is 1. The van der Waals surface area contributed by atoms with Gasteiger partial charge in [-0.25, -0.2) is 9.78 Å². The summed E-state index contributed by atoms with van der Waals surface area (Å²) in [6.45, 7) is 3.53. The molecule has 0 aromatic carbocycles. The number of nitrogens with one attached hydrogen (secondary N) is 4. The molecule has 0 aliphatic carbocycles. The van der Waals surface area contributed by atoms with Gasteiger partial charge in [0.1, 0.15) is 18.1 Å². The summed E-state index contributed by atoms with van der Waals surface area (Å²) in [6.07, 6.45) is 1.81. The molecule has 4 atom stereocenters. The summed E-state index contributed by atoms with van der Waals surface area (Å²) < 4.78 is 0. The molecule has 0 aliphatic heterocycles. The van der Waals surface area contributed by atoms with Crippen LogP contribution in [0.25, 0.3) is 0 Å². The number of amides is 4. The zero-order valence-electron chi connectivity index (χ0n) is 20.0. The molecule has 15 nitrogen and oxygen atoms in total. The van der Waals surface area contributed by atoms with E-state index in [1.807, 2.05) is 0 Å². The smallest absolute Gasteiger partial charge is 0.326 e. The Labute approximate surface area is 206 Å². The van der Waals surface area contributed by atoms with Crippen LogP contribution in [0.1, 0.15) is 45.2 Å². The molecular weight excluding hydrogens is 478 g/mol. The van der Waals surface area contributed by atoms with Gasteiger partial charge in [0.25, 0.3) is 0 Å². The van der Waals surface area contributed by atoms with E-state index in [-0.39, 0.29) is 31.6 Å². The van der Waals surface area contributed by atoms with Crippen LogP contribution >= 0.6 is 0 Å². The fourth-order valence-corrected chi connectivity index (χ4v) is 3.16. The number of aromatic nitrogens is 2. The van der Waals surface area contributed by atoms with Crippen LogP contribution in [0.4, 0.5) is 0 Å². The molecule has 4 unspecified atom stereocenters. The van der Waals surface area contributed by atoms with Crippen molar-refractivity contribution in [2.75, 3.05) is 0 Å². The lowest BCUT2D eigenvalue weighted by Gasteiger charge is -2.25. The van der Waals surface area contributed by atoms with E-state index in [1.165, 1.54) is 12.5 Å². The summed E-state index contributed by atoms with van der Waals surface area (Å²) in [4.78, 5) is 78.3. The van der Waals surface area contributed by atoms with Gasteiger partial charge < -0.3 is 42.6 Å². The van der Waals surface area contributed by atoms with Gasteiger partial charge in [-0.15, -0.1) is 0 Å². The summed E-state index contributed by atoms with van der Waals surface area (Å²) in [6, 6.07) is -5.27. The summed E-state index contributed by atoms with van der Waals surface area (Å²) >= 11 is 0. The molecule has 0 spiro atoms. The number of rotatable bonds is 16. The van der Waals surface area contributed by atoms with Gasteiger partial charge >= 0.3 is 11.9 Å². The Hall–Kier alpha value is -4.01. The minimum absolute atomic E-state index is 0.0436. The Morgan fingerprint density at radius 1 is 0.972 bits per heavy atom. The van der Waals surface area contributed by atoms with Crippen molar-refractivity contribution in [2.45, 2.75) is 70.1 Å². The van der Waals surface area contributed by atoms with Gasteiger partial charge in [0.15, 0.2) is 0 Å². The molecular formula is C21H33N7O8. The van der Waals surface area contributed by atoms with E-state index in [0.29, 0.717) is 5.69 Å². The third-order valence-corrected chi connectivity index (χ3v) is 4.98. The number of primary amides is 1. The van der Waals surface area contributed by atoms with E-state index in [4.69, 9.17) is 16.6 Å². The van der Waals surface area contributed by atoms with Crippen LogP contribution in [0.15, 0.2) is 12.5 Å². The molecule has 10 N–H and O–H groups in total. The van der Waals surface area contributed by atoms with Crippen LogP contribution in [-0.2, 0) is 35.2 Å². The number of carboxylic acids is 2. The maximum atomic E-state index is 13.1. The van der Waals surface area contributed by atoms with E-state index in [1.54, 1.807) is 13.8 Å². The minimum Gasteiger partial charge on any atom is -0.481 e. The lowest BCUT2D eigenvalue weighted by Crippen LogP contribution is -2.58. The number of hydrogen-bond acceptors (Lipinski definition) is 8. The predicted octanol–water partition coefficient (Wildman–Crippen LogP) is -2.40. The molecule has 0 saturated heterocycles. The van der Waals surface area contributed by atoms with E-state index >= 15 is 0 Å². The fraction of sp³-hybridized carbons (Fsp3) is 0.571. The lowest BCUT2D eigenvalue weighted by molar-refractivity contribution is -0.147. The van der Waals surface area contributed by atoms with Crippen LogP contribution in [-0.4, -0.2) is 79.9 Å². The first-order chi connectivity index (χ1) is 16.8. The van der Waals surface area contributed by atoms with Crippen LogP contribution in [0, 0.1) is 5.92 Å². The Balaban J connectivity index is 3.05. The number of H-pyrrole nitrogens is 1. The second-order valence-corrected chi connectivity index (χ2v) is 8.64. The summed E-state index contributed by atoms with van der Waals surface area (Å²) in [5.41, 5.74) is 11.3. The van der Waals surface area contributed by atoms with Crippen molar-refractivity contribution < 1.29 is 39.0 Å². The van der Waals surface area contributed by atoms with Crippen molar-refractivity contribution in [3.63, 3.8) is 0 Å². The first-order valence-corrected chi connectivity index (χ1v) is 11.2. The molecule has 0 bridgehead atoms. The van der Waals surface area contributed by atoms with Gasteiger partial charge in [-0.3, -0.25) is 24.0 Å². The van der Waals surface area contributed by atoms with Gasteiger partial charge in [0.2, 0.25) is 23.6 Å². The summed E-state index contributed by atoms with van der Waals surface area (Å²) in [7, 11) is 0. The first-order valence-electron chi connectivity index (χ1n) is 11.2. The minimum atomic E-state index is -1.70. The molecule has 200 valence electrons.